The van der Waals surface area contributed by atoms with Gasteiger partial charge in [-0.25, -0.2) is 0 Å². The van der Waals surface area contributed by atoms with E-state index in [1.54, 1.807) is 0 Å². The first-order chi connectivity index (χ1) is 13.3. The number of hydrogen-bond acceptors (Lipinski definition) is 1. The van der Waals surface area contributed by atoms with Crippen molar-refractivity contribution in [2.75, 3.05) is 0 Å². The highest BCUT2D eigenvalue weighted by Crippen LogP contribution is 2.44. The fraction of sp³-hybridized carbons (Fsp3) is 0.308. The van der Waals surface area contributed by atoms with Crippen LogP contribution < -0.4 is 0 Å². The van der Waals surface area contributed by atoms with E-state index < -0.39 is 0 Å². The molecule has 4 rings (SSSR count). The van der Waals surface area contributed by atoms with E-state index in [-0.39, 0.29) is 11.7 Å². The first kappa shape index (κ1) is 18.0. The maximum Gasteiger partial charge on any atom is 0.0833 e. The summed E-state index contributed by atoms with van der Waals surface area (Å²) in [7, 11) is 0. The number of aryl methyl sites for hydroxylation is 2. The third-order valence-electron chi connectivity index (χ3n) is 5.85. The largest absolute Gasteiger partial charge is 0.367 e. The van der Waals surface area contributed by atoms with Gasteiger partial charge in [-0.1, -0.05) is 91.0 Å². The van der Waals surface area contributed by atoms with Crippen LogP contribution in [0.25, 0.3) is 0 Å². The summed E-state index contributed by atoms with van der Waals surface area (Å²) in [5.41, 5.74) is 4.11. The van der Waals surface area contributed by atoms with Crippen molar-refractivity contribution in [2.45, 2.75) is 50.2 Å². The van der Waals surface area contributed by atoms with Gasteiger partial charge < -0.3 is 4.74 Å². The van der Waals surface area contributed by atoms with E-state index in [9.17, 15) is 0 Å². The summed E-state index contributed by atoms with van der Waals surface area (Å²) >= 11 is 0. The maximum atomic E-state index is 6.78. The van der Waals surface area contributed by atoms with Crippen LogP contribution in [0.3, 0.4) is 0 Å². The third kappa shape index (κ3) is 4.67. The first-order valence-electron chi connectivity index (χ1n) is 10.1. The van der Waals surface area contributed by atoms with Crippen molar-refractivity contribution < 1.29 is 4.74 Å². The number of rotatable bonds is 7. The van der Waals surface area contributed by atoms with Crippen LogP contribution in [-0.2, 0) is 17.6 Å². The van der Waals surface area contributed by atoms with Gasteiger partial charge in [0.05, 0.1) is 11.7 Å². The molecule has 1 fully saturated rings. The SMILES string of the molecule is c1ccc(CCC2(CCc3ccccc3)CCC(c3ccccc3)O2)cc1. The lowest BCUT2D eigenvalue weighted by Crippen LogP contribution is -2.29. The second kappa shape index (κ2) is 8.54. The minimum atomic E-state index is -0.0216. The second-order valence-corrected chi connectivity index (χ2v) is 7.71. The van der Waals surface area contributed by atoms with Crippen LogP contribution in [0.1, 0.15) is 48.5 Å². The molecule has 1 aliphatic heterocycles. The van der Waals surface area contributed by atoms with Gasteiger partial charge in [0, 0.05) is 0 Å². The topological polar surface area (TPSA) is 9.23 Å². The standard InChI is InChI=1S/C26H28O/c1-4-10-22(11-5-1)16-19-26(20-17-23-12-6-2-7-13-23)21-18-25(27-26)24-14-8-3-9-15-24/h1-15,25H,16-21H2. The highest BCUT2D eigenvalue weighted by Gasteiger charge is 2.39. The number of ether oxygens (including phenoxy) is 1. The molecule has 0 aromatic heterocycles. The molecule has 1 saturated heterocycles. The number of benzene rings is 3. The van der Waals surface area contributed by atoms with E-state index in [0.717, 1.165) is 38.5 Å². The molecule has 0 radical (unpaired) electrons. The molecule has 1 nitrogen and oxygen atoms in total. The Morgan fingerprint density at radius 2 is 1.15 bits per heavy atom. The Bertz CT molecular complexity index is 767. The van der Waals surface area contributed by atoms with Gasteiger partial charge in [0.25, 0.3) is 0 Å². The quantitative estimate of drug-likeness (QED) is 0.467. The Hall–Kier alpha value is -2.38. The zero-order chi connectivity index (χ0) is 18.4. The van der Waals surface area contributed by atoms with Crippen LogP contribution in [0.15, 0.2) is 91.0 Å². The van der Waals surface area contributed by atoms with E-state index in [1.165, 1.54) is 16.7 Å². The highest BCUT2D eigenvalue weighted by molar-refractivity contribution is 5.21. The van der Waals surface area contributed by atoms with Crippen molar-refractivity contribution in [3.8, 4) is 0 Å². The second-order valence-electron chi connectivity index (χ2n) is 7.71. The Balaban J connectivity index is 1.48. The first-order valence-corrected chi connectivity index (χ1v) is 10.1. The van der Waals surface area contributed by atoms with Gasteiger partial charge in [-0.05, 0) is 55.2 Å². The van der Waals surface area contributed by atoms with Crippen LogP contribution in [-0.4, -0.2) is 5.60 Å². The van der Waals surface area contributed by atoms with Crippen molar-refractivity contribution >= 4 is 0 Å². The molecule has 1 atom stereocenters. The van der Waals surface area contributed by atoms with Gasteiger partial charge >= 0.3 is 0 Å². The lowest BCUT2D eigenvalue weighted by molar-refractivity contribution is -0.0530. The lowest BCUT2D eigenvalue weighted by atomic mass is 9.86. The monoisotopic (exact) mass is 356 g/mol. The summed E-state index contributed by atoms with van der Waals surface area (Å²) in [6.07, 6.45) is 6.84. The molecule has 0 amide bonds. The molecular weight excluding hydrogens is 328 g/mol. The van der Waals surface area contributed by atoms with Gasteiger partial charge in [0.1, 0.15) is 0 Å². The van der Waals surface area contributed by atoms with Gasteiger partial charge in [0.2, 0.25) is 0 Å². The molecular formula is C26H28O. The van der Waals surface area contributed by atoms with Crippen LogP contribution >= 0.6 is 0 Å². The molecule has 3 aromatic carbocycles. The Kier molecular flexibility index (Phi) is 5.69. The predicted molar refractivity (Wildman–Crippen MR) is 112 cm³/mol. The van der Waals surface area contributed by atoms with Crippen LogP contribution in [0.2, 0.25) is 0 Å². The van der Waals surface area contributed by atoms with E-state index in [1.807, 2.05) is 0 Å². The van der Waals surface area contributed by atoms with Gasteiger partial charge in [-0.15, -0.1) is 0 Å². The molecule has 0 saturated carbocycles. The average molecular weight is 357 g/mol. The smallest absolute Gasteiger partial charge is 0.0833 e. The zero-order valence-corrected chi connectivity index (χ0v) is 15.9. The average Bonchev–Trinajstić information content (AvgIpc) is 3.18. The molecule has 1 heterocycles. The highest BCUT2D eigenvalue weighted by atomic mass is 16.5. The van der Waals surface area contributed by atoms with Crippen molar-refractivity contribution in [2.24, 2.45) is 0 Å². The maximum absolute atomic E-state index is 6.78. The zero-order valence-electron chi connectivity index (χ0n) is 15.9. The fourth-order valence-corrected chi connectivity index (χ4v) is 4.24. The molecule has 1 heteroatoms. The van der Waals surface area contributed by atoms with Gasteiger partial charge in [0.15, 0.2) is 0 Å². The summed E-state index contributed by atoms with van der Waals surface area (Å²) in [6, 6.07) is 32.4. The molecule has 138 valence electrons. The molecule has 1 unspecified atom stereocenters. The van der Waals surface area contributed by atoms with E-state index >= 15 is 0 Å². The van der Waals surface area contributed by atoms with E-state index in [0.29, 0.717) is 0 Å². The van der Waals surface area contributed by atoms with E-state index in [2.05, 4.69) is 91.0 Å². The molecule has 0 aliphatic carbocycles. The molecule has 0 spiro atoms. The molecule has 3 aromatic rings. The van der Waals surface area contributed by atoms with Crippen LogP contribution in [0.4, 0.5) is 0 Å². The fourth-order valence-electron chi connectivity index (χ4n) is 4.24. The minimum Gasteiger partial charge on any atom is -0.367 e. The summed E-state index contributed by atoms with van der Waals surface area (Å²) in [5.74, 6) is 0. The van der Waals surface area contributed by atoms with Crippen LogP contribution in [0.5, 0.6) is 0 Å². The summed E-state index contributed by atoms with van der Waals surface area (Å²) in [6.45, 7) is 0. The number of hydrogen-bond donors (Lipinski definition) is 0. The van der Waals surface area contributed by atoms with Crippen molar-refractivity contribution in [3.05, 3.63) is 108 Å². The molecule has 27 heavy (non-hydrogen) atoms. The normalized spacial score (nSPS) is 18.4. The van der Waals surface area contributed by atoms with E-state index in [4.69, 9.17) is 4.74 Å². The molecule has 0 N–H and O–H groups in total. The Morgan fingerprint density at radius 1 is 0.667 bits per heavy atom. The van der Waals surface area contributed by atoms with Crippen molar-refractivity contribution in [1.29, 1.82) is 0 Å². The lowest BCUT2D eigenvalue weighted by Gasteiger charge is -2.30. The minimum absolute atomic E-state index is 0.0216. The molecule has 0 bridgehead atoms. The summed E-state index contributed by atoms with van der Waals surface area (Å²) in [4.78, 5) is 0. The Morgan fingerprint density at radius 3 is 1.67 bits per heavy atom. The van der Waals surface area contributed by atoms with Gasteiger partial charge in [-0.3, -0.25) is 0 Å². The third-order valence-corrected chi connectivity index (χ3v) is 5.85. The van der Waals surface area contributed by atoms with Crippen LogP contribution in [0, 0.1) is 0 Å². The van der Waals surface area contributed by atoms with Crippen molar-refractivity contribution in [3.63, 3.8) is 0 Å². The van der Waals surface area contributed by atoms with Crippen molar-refractivity contribution in [1.82, 2.24) is 0 Å². The van der Waals surface area contributed by atoms with Gasteiger partial charge in [-0.2, -0.15) is 0 Å². The summed E-state index contributed by atoms with van der Waals surface area (Å²) < 4.78 is 6.78. The Labute approximate surface area is 163 Å². The molecule has 1 aliphatic rings. The summed E-state index contributed by atoms with van der Waals surface area (Å²) in [5, 5.41) is 0. The predicted octanol–water partition coefficient (Wildman–Crippen LogP) is 6.54.